The van der Waals surface area contributed by atoms with E-state index in [1.807, 2.05) is 48.5 Å². The summed E-state index contributed by atoms with van der Waals surface area (Å²) in [6, 6.07) is 27.7. The van der Waals surface area contributed by atoms with Crippen LogP contribution in [0.15, 0.2) is 97.1 Å². The first-order valence-corrected chi connectivity index (χ1v) is 12.9. The van der Waals surface area contributed by atoms with Gasteiger partial charge in [0, 0.05) is 29.7 Å². The van der Waals surface area contributed by atoms with Gasteiger partial charge >= 0.3 is 0 Å². The van der Waals surface area contributed by atoms with Gasteiger partial charge in [-0.2, -0.15) is 0 Å². The fraction of sp³-hybridized carbons (Fsp3) is 0.226. The molecular weight excluding hydrogens is 528 g/mol. The second-order valence-electron chi connectivity index (χ2n) is 9.57. The van der Waals surface area contributed by atoms with E-state index in [2.05, 4.69) is 13.8 Å². The van der Waals surface area contributed by atoms with Gasteiger partial charge in [0.05, 0.1) is 9.85 Å². The number of non-ortho nitro benzene ring substituents is 2. The second-order valence-corrected chi connectivity index (χ2v) is 9.57. The molecular formula is C31H30N2O8. The van der Waals surface area contributed by atoms with E-state index < -0.39 is 9.85 Å². The first-order valence-electron chi connectivity index (χ1n) is 12.9. The molecule has 0 N–H and O–H groups in total. The van der Waals surface area contributed by atoms with E-state index in [4.69, 9.17) is 18.9 Å². The van der Waals surface area contributed by atoms with E-state index in [-0.39, 0.29) is 16.8 Å². The number of rotatable bonds is 14. The molecule has 0 spiro atoms. The van der Waals surface area contributed by atoms with Crippen molar-refractivity contribution in [3.05, 3.63) is 128 Å². The SMILES string of the molecule is CC(C)(c1ccc(OCCOc2ccc([N+](=O)[O-])cc2)cc1)c1ccc(OCCOc2ccc([N+](=O)[O-])cc2)cc1. The zero-order chi connectivity index (χ0) is 29.2. The van der Waals surface area contributed by atoms with Gasteiger partial charge in [-0.25, -0.2) is 0 Å². The largest absolute Gasteiger partial charge is 0.490 e. The Labute approximate surface area is 237 Å². The number of ether oxygens (including phenoxy) is 4. The molecule has 0 aromatic heterocycles. The summed E-state index contributed by atoms with van der Waals surface area (Å²) < 4.78 is 22.7. The summed E-state index contributed by atoms with van der Waals surface area (Å²) in [6.07, 6.45) is 0. The first kappa shape index (κ1) is 28.9. The second kappa shape index (κ2) is 13.3. The van der Waals surface area contributed by atoms with Gasteiger partial charge in [-0.15, -0.1) is 0 Å². The van der Waals surface area contributed by atoms with Crippen LogP contribution in [-0.2, 0) is 5.41 Å². The van der Waals surface area contributed by atoms with Crippen molar-refractivity contribution in [3.63, 3.8) is 0 Å². The zero-order valence-corrected chi connectivity index (χ0v) is 22.7. The van der Waals surface area contributed by atoms with Crippen LogP contribution in [0, 0.1) is 20.2 Å². The molecule has 10 heteroatoms. The van der Waals surface area contributed by atoms with Crippen molar-refractivity contribution in [1.82, 2.24) is 0 Å². The number of benzene rings is 4. The van der Waals surface area contributed by atoms with Crippen molar-refractivity contribution in [2.45, 2.75) is 19.3 Å². The van der Waals surface area contributed by atoms with Crippen LogP contribution in [0.4, 0.5) is 11.4 Å². The van der Waals surface area contributed by atoms with Crippen LogP contribution in [0.25, 0.3) is 0 Å². The van der Waals surface area contributed by atoms with Crippen molar-refractivity contribution in [1.29, 1.82) is 0 Å². The summed E-state index contributed by atoms with van der Waals surface area (Å²) in [4.78, 5) is 20.6. The summed E-state index contributed by atoms with van der Waals surface area (Å²) in [7, 11) is 0. The maximum atomic E-state index is 10.7. The molecule has 0 heterocycles. The molecule has 0 aliphatic rings. The van der Waals surface area contributed by atoms with Gasteiger partial charge in [0.1, 0.15) is 49.4 Å². The van der Waals surface area contributed by atoms with Gasteiger partial charge in [-0.3, -0.25) is 20.2 Å². The summed E-state index contributed by atoms with van der Waals surface area (Å²) in [5, 5.41) is 21.5. The molecule has 0 fully saturated rings. The third-order valence-corrected chi connectivity index (χ3v) is 6.49. The van der Waals surface area contributed by atoms with Crippen LogP contribution >= 0.6 is 0 Å². The monoisotopic (exact) mass is 558 g/mol. The smallest absolute Gasteiger partial charge is 0.269 e. The molecule has 41 heavy (non-hydrogen) atoms. The highest BCUT2D eigenvalue weighted by atomic mass is 16.6. The molecule has 0 amide bonds. The van der Waals surface area contributed by atoms with Crippen molar-refractivity contribution in [3.8, 4) is 23.0 Å². The number of nitrogens with zero attached hydrogens (tertiary/aromatic N) is 2. The van der Waals surface area contributed by atoms with Crippen molar-refractivity contribution < 1.29 is 28.8 Å². The lowest BCUT2D eigenvalue weighted by Crippen LogP contribution is -2.19. The van der Waals surface area contributed by atoms with Gasteiger partial charge in [0.15, 0.2) is 0 Å². The lowest BCUT2D eigenvalue weighted by atomic mass is 9.78. The Bertz CT molecular complexity index is 1320. The maximum absolute atomic E-state index is 10.7. The van der Waals surface area contributed by atoms with Crippen LogP contribution in [-0.4, -0.2) is 36.3 Å². The molecule has 212 valence electrons. The van der Waals surface area contributed by atoms with Crippen LogP contribution in [0.1, 0.15) is 25.0 Å². The molecule has 0 aliphatic heterocycles. The molecule has 0 aliphatic carbocycles. The van der Waals surface area contributed by atoms with Gasteiger partial charge in [0.25, 0.3) is 11.4 Å². The van der Waals surface area contributed by atoms with E-state index >= 15 is 0 Å². The van der Waals surface area contributed by atoms with E-state index in [0.717, 1.165) is 22.6 Å². The molecule has 0 bridgehead atoms. The fourth-order valence-corrected chi connectivity index (χ4v) is 4.07. The van der Waals surface area contributed by atoms with Crippen LogP contribution in [0.5, 0.6) is 23.0 Å². The van der Waals surface area contributed by atoms with Crippen molar-refractivity contribution >= 4 is 11.4 Å². The van der Waals surface area contributed by atoms with Crippen LogP contribution in [0.3, 0.4) is 0 Å². The average Bonchev–Trinajstić information content (AvgIpc) is 2.98. The zero-order valence-electron chi connectivity index (χ0n) is 22.7. The molecule has 0 radical (unpaired) electrons. The maximum Gasteiger partial charge on any atom is 0.269 e. The van der Waals surface area contributed by atoms with Crippen LogP contribution < -0.4 is 18.9 Å². The average molecular weight is 559 g/mol. The Hall–Kier alpha value is -5.12. The highest BCUT2D eigenvalue weighted by molar-refractivity contribution is 5.42. The third kappa shape index (κ3) is 7.95. The Morgan fingerprint density at radius 1 is 0.488 bits per heavy atom. The Morgan fingerprint density at radius 3 is 0.976 bits per heavy atom. The van der Waals surface area contributed by atoms with Crippen molar-refractivity contribution in [2.24, 2.45) is 0 Å². The van der Waals surface area contributed by atoms with Gasteiger partial charge in [-0.05, 0) is 59.7 Å². The number of nitro benzene ring substituents is 2. The van der Waals surface area contributed by atoms with E-state index in [1.165, 1.54) is 24.3 Å². The highest BCUT2D eigenvalue weighted by Gasteiger charge is 2.23. The molecule has 0 saturated carbocycles. The first-order chi connectivity index (χ1) is 19.7. The van der Waals surface area contributed by atoms with Crippen LogP contribution in [0.2, 0.25) is 0 Å². The Morgan fingerprint density at radius 2 is 0.732 bits per heavy atom. The third-order valence-electron chi connectivity index (χ3n) is 6.49. The quantitative estimate of drug-likeness (QED) is 0.0946. The predicted molar refractivity (Wildman–Crippen MR) is 153 cm³/mol. The van der Waals surface area contributed by atoms with E-state index in [0.29, 0.717) is 37.9 Å². The van der Waals surface area contributed by atoms with E-state index in [1.54, 1.807) is 24.3 Å². The normalized spacial score (nSPS) is 11.0. The predicted octanol–water partition coefficient (Wildman–Crippen LogP) is 6.74. The number of hydrogen-bond donors (Lipinski definition) is 0. The summed E-state index contributed by atoms with van der Waals surface area (Å²) in [6.45, 7) is 5.58. The minimum atomic E-state index is -0.450. The van der Waals surface area contributed by atoms with Gasteiger partial charge < -0.3 is 18.9 Å². The minimum Gasteiger partial charge on any atom is -0.490 e. The van der Waals surface area contributed by atoms with Gasteiger partial charge in [0.2, 0.25) is 0 Å². The molecule has 4 rings (SSSR count). The highest BCUT2D eigenvalue weighted by Crippen LogP contribution is 2.33. The topological polar surface area (TPSA) is 123 Å². The molecule has 0 unspecified atom stereocenters. The number of hydrogen-bond acceptors (Lipinski definition) is 8. The lowest BCUT2D eigenvalue weighted by Gasteiger charge is -2.26. The molecule has 4 aromatic rings. The molecule has 10 nitrogen and oxygen atoms in total. The molecule has 0 saturated heterocycles. The Kier molecular flexibility index (Phi) is 9.36. The van der Waals surface area contributed by atoms with Crippen molar-refractivity contribution in [2.75, 3.05) is 26.4 Å². The standard InChI is InChI=1S/C31H30N2O8/c1-31(2,23-3-11-27(12-4-23)38-19-21-40-29-15-7-25(8-16-29)32(34)35)24-5-13-28(14-6-24)39-20-22-41-30-17-9-26(10-18-30)33(36)37/h3-18H,19-22H2,1-2H3. The summed E-state index contributed by atoms with van der Waals surface area (Å²) in [5.74, 6) is 2.53. The summed E-state index contributed by atoms with van der Waals surface area (Å²) in [5.41, 5.74) is 2.03. The molecule has 0 atom stereocenters. The minimum absolute atomic E-state index is 0.0183. The number of nitro groups is 2. The molecule has 4 aromatic carbocycles. The fourth-order valence-electron chi connectivity index (χ4n) is 4.07. The lowest BCUT2D eigenvalue weighted by molar-refractivity contribution is -0.385. The summed E-state index contributed by atoms with van der Waals surface area (Å²) >= 11 is 0. The Balaban J connectivity index is 1.21. The van der Waals surface area contributed by atoms with E-state index in [9.17, 15) is 20.2 Å². The van der Waals surface area contributed by atoms with Gasteiger partial charge in [-0.1, -0.05) is 38.1 Å².